The fourth-order valence-corrected chi connectivity index (χ4v) is 3.54. The molecule has 177 valence electrons. The third kappa shape index (κ3) is 9.43. The number of nitrogens with one attached hydrogen (secondary N) is 2. The molecule has 2 aromatic carbocycles. The Morgan fingerprint density at radius 3 is 2.03 bits per heavy atom. The molecule has 7 nitrogen and oxygen atoms in total. The molecular weight excluding hydrogens is 428 g/mol. The average molecular weight is 460 g/mol. The topological polar surface area (TPSA) is 111 Å². The van der Waals surface area contributed by atoms with E-state index in [0.29, 0.717) is 19.3 Å². The number of hydrogen-bond acceptors (Lipinski definition) is 5. The van der Waals surface area contributed by atoms with Gasteiger partial charge in [-0.05, 0) is 0 Å². The summed E-state index contributed by atoms with van der Waals surface area (Å²) in [5, 5.41) is 5.48. The van der Waals surface area contributed by atoms with Gasteiger partial charge in [0.2, 0.25) is 0 Å². The molecule has 9 heteroatoms. The van der Waals surface area contributed by atoms with E-state index >= 15 is 0 Å². The SMILES string of the molecule is [B]=BOC(=O)[C@H](Cc1ccccc1)NC(=O)C(CC(C)C)NC(=O)[C@@H](N)CCc1ccccc1. The van der Waals surface area contributed by atoms with E-state index in [0.717, 1.165) is 18.1 Å². The fraction of sp³-hybridized carbons (Fsp3) is 0.400. The fourth-order valence-electron chi connectivity index (χ4n) is 3.54. The van der Waals surface area contributed by atoms with Gasteiger partial charge in [-0.3, -0.25) is 0 Å². The minimum absolute atomic E-state index is 0.119. The van der Waals surface area contributed by atoms with Gasteiger partial charge in [0.1, 0.15) is 0 Å². The number of amides is 2. The molecule has 2 rings (SSSR count). The van der Waals surface area contributed by atoms with Crippen molar-refractivity contribution in [1.82, 2.24) is 10.6 Å². The number of carbonyl (C=O) groups is 3. The first-order valence-electron chi connectivity index (χ1n) is 11.5. The van der Waals surface area contributed by atoms with Crippen LogP contribution >= 0.6 is 0 Å². The molecule has 1 unspecified atom stereocenters. The summed E-state index contributed by atoms with van der Waals surface area (Å²) in [4.78, 5) is 38.3. The molecular formula is C25H32B2N3O4. The van der Waals surface area contributed by atoms with Gasteiger partial charge in [-0.1, -0.05) is 30.3 Å². The maximum atomic E-state index is 13.1. The summed E-state index contributed by atoms with van der Waals surface area (Å²) in [5.41, 5.74) is 8.03. The molecule has 0 heterocycles. The van der Waals surface area contributed by atoms with Crippen LogP contribution in [0.1, 0.15) is 37.8 Å². The van der Waals surface area contributed by atoms with E-state index in [1.54, 1.807) is 0 Å². The molecule has 2 aromatic rings. The number of benzene rings is 2. The molecule has 0 fully saturated rings. The first kappa shape index (κ1) is 27.2. The summed E-state index contributed by atoms with van der Waals surface area (Å²) in [6, 6.07) is 16.4. The number of nitrogens with two attached hydrogens (primary N) is 1. The van der Waals surface area contributed by atoms with Crippen molar-refractivity contribution in [2.75, 3.05) is 0 Å². The Morgan fingerprint density at radius 1 is 0.912 bits per heavy atom. The van der Waals surface area contributed by atoms with Gasteiger partial charge in [0.15, 0.2) is 0 Å². The van der Waals surface area contributed by atoms with Crippen LogP contribution in [0.4, 0.5) is 0 Å². The smallest absolute Gasteiger partial charge is 0.0622 e. The van der Waals surface area contributed by atoms with Crippen molar-refractivity contribution in [3.05, 3.63) is 71.8 Å². The number of hydrogen-bond donors (Lipinski definition) is 3. The van der Waals surface area contributed by atoms with Gasteiger partial charge in [0.25, 0.3) is 0 Å². The van der Waals surface area contributed by atoms with Gasteiger partial charge in [-0.25, -0.2) is 0 Å². The minimum atomic E-state index is -0.965. The molecule has 0 aromatic heterocycles. The van der Waals surface area contributed by atoms with Crippen LogP contribution in [-0.2, 0) is 31.9 Å². The Labute approximate surface area is 203 Å². The molecule has 3 atom stereocenters. The Morgan fingerprint density at radius 2 is 1.47 bits per heavy atom. The Balaban J connectivity index is 2.05. The zero-order valence-corrected chi connectivity index (χ0v) is 19.8. The summed E-state index contributed by atoms with van der Waals surface area (Å²) in [6.07, 6.45) is 1.70. The predicted octanol–water partition coefficient (Wildman–Crippen LogP) is 1.45. The molecule has 0 aliphatic rings. The third-order valence-corrected chi connectivity index (χ3v) is 5.33. The van der Waals surface area contributed by atoms with Crippen molar-refractivity contribution >= 4 is 32.2 Å². The molecule has 0 saturated heterocycles. The summed E-state index contributed by atoms with van der Waals surface area (Å²) in [6.45, 7) is 3.89. The van der Waals surface area contributed by atoms with Crippen LogP contribution in [0, 0.1) is 5.92 Å². The van der Waals surface area contributed by atoms with E-state index in [9.17, 15) is 14.4 Å². The van der Waals surface area contributed by atoms with Gasteiger partial charge < -0.3 is 0 Å². The van der Waals surface area contributed by atoms with Crippen LogP contribution in [-0.4, -0.2) is 50.3 Å². The van der Waals surface area contributed by atoms with Crippen molar-refractivity contribution < 1.29 is 19.0 Å². The monoisotopic (exact) mass is 460 g/mol. The molecule has 1 radical (unpaired) electrons. The Bertz CT molecular complexity index is 942. The van der Waals surface area contributed by atoms with Crippen molar-refractivity contribution in [3.63, 3.8) is 0 Å². The van der Waals surface area contributed by atoms with Gasteiger partial charge in [-0.2, -0.15) is 0 Å². The third-order valence-electron chi connectivity index (χ3n) is 5.33. The molecule has 0 aliphatic heterocycles. The predicted molar refractivity (Wildman–Crippen MR) is 134 cm³/mol. The molecule has 34 heavy (non-hydrogen) atoms. The Hall–Kier alpha value is -3.06. The maximum absolute atomic E-state index is 13.1. The van der Waals surface area contributed by atoms with Crippen LogP contribution in [0.2, 0.25) is 0 Å². The number of rotatable bonds is 13. The summed E-state index contributed by atoms with van der Waals surface area (Å²) >= 11 is 0. The molecule has 0 spiro atoms. The zero-order valence-electron chi connectivity index (χ0n) is 19.8. The van der Waals surface area contributed by atoms with Crippen LogP contribution < -0.4 is 16.4 Å². The van der Waals surface area contributed by atoms with E-state index in [-0.39, 0.29) is 12.3 Å². The van der Waals surface area contributed by atoms with Crippen molar-refractivity contribution in [2.24, 2.45) is 11.7 Å². The quantitative estimate of drug-likeness (QED) is 0.392. The number of carbonyl (C=O) groups excluding carboxylic acids is 3. The minimum Gasteiger partial charge on any atom is -0.0622 e. The normalized spacial score (nSPS) is 13.3. The van der Waals surface area contributed by atoms with Gasteiger partial charge in [0, 0.05) is 0 Å². The van der Waals surface area contributed by atoms with Crippen molar-refractivity contribution in [2.45, 2.75) is 57.7 Å². The molecule has 0 aliphatic carbocycles. The average Bonchev–Trinajstić information content (AvgIpc) is 2.82. The Kier molecular flexibility index (Phi) is 11.4. The second-order valence-electron chi connectivity index (χ2n) is 8.65. The first-order valence-corrected chi connectivity index (χ1v) is 11.5. The molecule has 0 bridgehead atoms. The van der Waals surface area contributed by atoms with Crippen molar-refractivity contribution in [1.29, 1.82) is 0 Å². The standard InChI is InChI=1S/C25H32B2N3O4/c1-17(2)15-21(29-23(31)20(28)14-13-18-9-5-3-6-10-18)24(32)30-22(25(33)34-27-26)16-19-11-7-4-8-12-19/h3-12,17,20-22H,13-16,28H2,1-2H3,(H,29,31)(H,30,32)/t20-,21?,22-/m0/s1. The summed E-state index contributed by atoms with van der Waals surface area (Å²) in [7, 11) is 6.02. The van der Waals surface area contributed by atoms with E-state index in [1.165, 1.54) is 0 Å². The van der Waals surface area contributed by atoms with E-state index < -0.39 is 35.9 Å². The molecule has 4 N–H and O–H groups in total. The summed E-state index contributed by atoms with van der Waals surface area (Å²) < 4.78 is 4.82. The summed E-state index contributed by atoms with van der Waals surface area (Å²) in [5.74, 6) is -1.45. The van der Waals surface area contributed by atoms with E-state index in [2.05, 4.69) is 10.6 Å². The second kappa shape index (κ2) is 14.3. The first-order chi connectivity index (χ1) is 16.3. The van der Waals surface area contributed by atoms with Gasteiger partial charge >= 0.3 is 173 Å². The second-order valence-corrected chi connectivity index (χ2v) is 8.65. The van der Waals surface area contributed by atoms with E-state index in [1.807, 2.05) is 74.5 Å². The van der Waals surface area contributed by atoms with Crippen molar-refractivity contribution in [3.8, 4) is 0 Å². The van der Waals surface area contributed by atoms with Crippen LogP contribution in [0.3, 0.4) is 0 Å². The van der Waals surface area contributed by atoms with E-state index in [4.69, 9.17) is 17.8 Å². The van der Waals surface area contributed by atoms with Gasteiger partial charge in [0.05, 0.1) is 0 Å². The molecule has 0 saturated carbocycles. The zero-order chi connectivity index (χ0) is 24.9. The van der Waals surface area contributed by atoms with Gasteiger partial charge in [-0.15, -0.1) is 0 Å². The van der Waals surface area contributed by atoms with Crippen LogP contribution in [0.25, 0.3) is 0 Å². The van der Waals surface area contributed by atoms with Crippen LogP contribution in [0.5, 0.6) is 0 Å². The van der Waals surface area contributed by atoms with Crippen LogP contribution in [0.15, 0.2) is 60.7 Å². The molecule has 2 amide bonds. The number of aryl methyl sites for hydroxylation is 1.